The number of non-ortho nitro benzene ring substituents is 1. The fourth-order valence-electron chi connectivity index (χ4n) is 2.66. The maximum atomic E-state index is 12.3. The Kier molecular flexibility index (Phi) is 7.28. The van der Waals surface area contributed by atoms with Crippen LogP contribution in [0.2, 0.25) is 0 Å². The van der Waals surface area contributed by atoms with Gasteiger partial charge in [-0.25, -0.2) is 0 Å². The van der Waals surface area contributed by atoms with Crippen molar-refractivity contribution in [3.63, 3.8) is 0 Å². The van der Waals surface area contributed by atoms with Gasteiger partial charge in [-0.15, -0.1) is 0 Å². The molecule has 140 valence electrons. The molecular formula is C18H24N4O4. The Morgan fingerprint density at radius 1 is 1.27 bits per heavy atom. The summed E-state index contributed by atoms with van der Waals surface area (Å²) in [6.07, 6.45) is 3.92. The van der Waals surface area contributed by atoms with Gasteiger partial charge in [-0.3, -0.25) is 24.6 Å². The smallest absolute Gasteiger partial charge is 0.270 e. The summed E-state index contributed by atoms with van der Waals surface area (Å²) in [5, 5.41) is 13.6. The van der Waals surface area contributed by atoms with Crippen LogP contribution in [0, 0.1) is 10.1 Å². The van der Waals surface area contributed by atoms with E-state index in [1.54, 1.807) is 23.1 Å². The lowest BCUT2D eigenvalue weighted by Crippen LogP contribution is -2.50. The van der Waals surface area contributed by atoms with Crippen molar-refractivity contribution < 1.29 is 14.5 Å². The summed E-state index contributed by atoms with van der Waals surface area (Å²) in [6, 6.07) is 6.14. The van der Waals surface area contributed by atoms with E-state index in [2.05, 4.69) is 5.32 Å². The first-order chi connectivity index (χ1) is 12.5. The number of rotatable bonds is 7. The minimum absolute atomic E-state index is 0.00503. The maximum absolute atomic E-state index is 12.3. The standard InChI is InChI=1S/C18H24N4O4/c1-2-8-19-17(23)14-20-9-11-21(12-10-20)18(24)7-6-15-4-3-5-16(13-15)22(25)26/h3-7,13H,2,8-12,14H2,1H3,(H,19,23)/b7-6-. The van der Waals surface area contributed by atoms with E-state index in [4.69, 9.17) is 0 Å². The molecule has 0 saturated carbocycles. The van der Waals surface area contributed by atoms with Crippen molar-refractivity contribution in [3.8, 4) is 0 Å². The molecule has 0 bridgehead atoms. The van der Waals surface area contributed by atoms with Crippen LogP contribution in [0.4, 0.5) is 5.69 Å². The van der Waals surface area contributed by atoms with Crippen LogP contribution >= 0.6 is 0 Å². The Hall–Kier alpha value is -2.74. The van der Waals surface area contributed by atoms with Crippen LogP contribution in [0.3, 0.4) is 0 Å². The largest absolute Gasteiger partial charge is 0.355 e. The Labute approximate surface area is 152 Å². The van der Waals surface area contributed by atoms with Crippen LogP contribution in [0.1, 0.15) is 18.9 Å². The zero-order chi connectivity index (χ0) is 18.9. The molecule has 1 saturated heterocycles. The first-order valence-electron chi connectivity index (χ1n) is 8.70. The fraction of sp³-hybridized carbons (Fsp3) is 0.444. The number of nitrogens with one attached hydrogen (secondary N) is 1. The molecule has 1 fully saturated rings. The summed E-state index contributed by atoms with van der Waals surface area (Å²) >= 11 is 0. The van der Waals surface area contributed by atoms with Crippen LogP contribution in [-0.2, 0) is 9.59 Å². The summed E-state index contributed by atoms with van der Waals surface area (Å²) in [5.41, 5.74) is 0.605. The lowest BCUT2D eigenvalue weighted by atomic mass is 10.2. The van der Waals surface area contributed by atoms with E-state index in [1.807, 2.05) is 11.8 Å². The highest BCUT2D eigenvalue weighted by Crippen LogP contribution is 2.14. The van der Waals surface area contributed by atoms with Crippen LogP contribution in [-0.4, -0.2) is 65.8 Å². The minimum Gasteiger partial charge on any atom is -0.355 e. The average Bonchev–Trinajstić information content (AvgIpc) is 2.65. The number of nitro benzene ring substituents is 1. The van der Waals surface area contributed by atoms with E-state index >= 15 is 0 Å². The van der Waals surface area contributed by atoms with Crippen LogP contribution < -0.4 is 5.32 Å². The van der Waals surface area contributed by atoms with E-state index in [0.29, 0.717) is 44.8 Å². The fourth-order valence-corrected chi connectivity index (χ4v) is 2.66. The lowest BCUT2D eigenvalue weighted by Gasteiger charge is -2.33. The van der Waals surface area contributed by atoms with Gasteiger partial charge in [-0.05, 0) is 18.1 Å². The Morgan fingerprint density at radius 2 is 2.00 bits per heavy atom. The summed E-state index contributed by atoms with van der Waals surface area (Å²) in [7, 11) is 0. The predicted molar refractivity (Wildman–Crippen MR) is 98.5 cm³/mol. The molecule has 1 aromatic carbocycles. The number of benzene rings is 1. The Balaban J connectivity index is 1.82. The molecule has 26 heavy (non-hydrogen) atoms. The van der Waals surface area contributed by atoms with E-state index in [-0.39, 0.29) is 17.5 Å². The second-order valence-electron chi connectivity index (χ2n) is 6.14. The molecule has 1 heterocycles. The van der Waals surface area contributed by atoms with Gasteiger partial charge in [0.05, 0.1) is 11.5 Å². The third-order valence-electron chi connectivity index (χ3n) is 4.12. The van der Waals surface area contributed by atoms with Crippen molar-refractivity contribution in [1.29, 1.82) is 0 Å². The van der Waals surface area contributed by atoms with Gasteiger partial charge in [0.25, 0.3) is 5.69 Å². The van der Waals surface area contributed by atoms with Gasteiger partial charge in [-0.1, -0.05) is 19.1 Å². The second kappa shape index (κ2) is 9.67. The van der Waals surface area contributed by atoms with E-state index in [9.17, 15) is 19.7 Å². The van der Waals surface area contributed by atoms with Gasteiger partial charge in [0.2, 0.25) is 11.8 Å². The van der Waals surface area contributed by atoms with Crippen molar-refractivity contribution >= 4 is 23.6 Å². The molecule has 0 spiro atoms. The average molecular weight is 360 g/mol. The van der Waals surface area contributed by atoms with Gasteiger partial charge < -0.3 is 10.2 Å². The molecule has 8 nitrogen and oxygen atoms in total. The molecule has 0 aromatic heterocycles. The number of hydrogen-bond donors (Lipinski definition) is 1. The van der Waals surface area contributed by atoms with Gasteiger partial charge in [0.15, 0.2) is 0 Å². The SMILES string of the molecule is CCCNC(=O)CN1CCN(C(=O)/C=C\c2cccc([N+](=O)[O-])c2)CC1. The molecule has 2 amide bonds. The van der Waals surface area contributed by atoms with Crippen LogP contribution in [0.25, 0.3) is 6.08 Å². The van der Waals surface area contributed by atoms with Gasteiger partial charge in [0, 0.05) is 50.9 Å². The van der Waals surface area contributed by atoms with Crippen molar-refractivity contribution in [2.45, 2.75) is 13.3 Å². The Morgan fingerprint density at radius 3 is 2.65 bits per heavy atom. The first-order valence-corrected chi connectivity index (χ1v) is 8.70. The molecule has 1 aliphatic heterocycles. The number of carbonyl (C=O) groups is 2. The molecule has 0 radical (unpaired) electrons. The quantitative estimate of drug-likeness (QED) is 0.449. The molecule has 8 heteroatoms. The summed E-state index contributed by atoms with van der Waals surface area (Å²) in [4.78, 5) is 38.1. The Bertz CT molecular complexity index is 682. The van der Waals surface area contributed by atoms with E-state index < -0.39 is 4.92 Å². The summed E-state index contributed by atoms with van der Waals surface area (Å²) < 4.78 is 0. The lowest BCUT2D eigenvalue weighted by molar-refractivity contribution is -0.384. The molecule has 0 aliphatic carbocycles. The van der Waals surface area contributed by atoms with Crippen LogP contribution in [0.15, 0.2) is 30.3 Å². The van der Waals surface area contributed by atoms with Crippen molar-refractivity contribution in [3.05, 3.63) is 46.0 Å². The highest BCUT2D eigenvalue weighted by molar-refractivity contribution is 5.92. The number of nitro groups is 1. The number of piperazine rings is 1. The molecule has 1 aliphatic rings. The predicted octanol–water partition coefficient (Wildman–Crippen LogP) is 1.28. The highest BCUT2D eigenvalue weighted by Gasteiger charge is 2.21. The topological polar surface area (TPSA) is 95.8 Å². The molecule has 1 aromatic rings. The molecule has 0 atom stereocenters. The zero-order valence-electron chi connectivity index (χ0n) is 14.9. The summed E-state index contributed by atoms with van der Waals surface area (Å²) in [6.45, 7) is 5.45. The zero-order valence-corrected chi connectivity index (χ0v) is 14.9. The van der Waals surface area contributed by atoms with E-state index in [0.717, 1.165) is 6.42 Å². The number of nitrogens with zero attached hydrogens (tertiary/aromatic N) is 3. The van der Waals surface area contributed by atoms with Crippen molar-refractivity contribution in [2.75, 3.05) is 39.3 Å². The normalized spacial score (nSPS) is 15.2. The minimum atomic E-state index is -0.463. The second-order valence-corrected chi connectivity index (χ2v) is 6.14. The highest BCUT2D eigenvalue weighted by atomic mass is 16.6. The van der Waals surface area contributed by atoms with Crippen molar-refractivity contribution in [1.82, 2.24) is 15.1 Å². The number of amides is 2. The van der Waals surface area contributed by atoms with Gasteiger partial charge >= 0.3 is 0 Å². The third-order valence-corrected chi connectivity index (χ3v) is 4.12. The summed E-state index contributed by atoms with van der Waals surface area (Å²) in [5.74, 6) is -0.121. The number of hydrogen-bond acceptors (Lipinski definition) is 5. The molecule has 2 rings (SSSR count). The van der Waals surface area contributed by atoms with E-state index in [1.165, 1.54) is 18.2 Å². The number of carbonyl (C=O) groups excluding carboxylic acids is 2. The van der Waals surface area contributed by atoms with Crippen molar-refractivity contribution in [2.24, 2.45) is 0 Å². The van der Waals surface area contributed by atoms with Crippen LogP contribution in [0.5, 0.6) is 0 Å². The van der Waals surface area contributed by atoms with Gasteiger partial charge in [0.1, 0.15) is 0 Å². The molecule has 1 N–H and O–H groups in total. The first kappa shape index (κ1) is 19.6. The third kappa shape index (κ3) is 5.96. The van der Waals surface area contributed by atoms with Gasteiger partial charge in [-0.2, -0.15) is 0 Å². The monoisotopic (exact) mass is 360 g/mol. The molecule has 0 unspecified atom stereocenters. The maximum Gasteiger partial charge on any atom is 0.270 e. The molecular weight excluding hydrogens is 336 g/mol.